The molecule has 0 aliphatic heterocycles. The van der Waals surface area contributed by atoms with Crippen molar-refractivity contribution < 1.29 is 9.53 Å². The molecule has 1 aromatic carbocycles. The quantitative estimate of drug-likeness (QED) is 0.856. The molecule has 4 nitrogen and oxygen atoms in total. The molecule has 2 rings (SSSR count). The predicted octanol–water partition coefficient (Wildman–Crippen LogP) is 2.87. The highest BCUT2D eigenvalue weighted by Gasteiger charge is 2.11. The van der Waals surface area contributed by atoms with Crippen molar-refractivity contribution in [3.63, 3.8) is 0 Å². The molecule has 0 saturated heterocycles. The smallest absolute Gasteiger partial charge is 0.284 e. The molecule has 2 aromatic rings. The molecule has 18 heavy (non-hydrogen) atoms. The minimum absolute atomic E-state index is 0.0916. The van der Waals surface area contributed by atoms with Crippen molar-refractivity contribution in [2.45, 2.75) is 13.8 Å². The van der Waals surface area contributed by atoms with Crippen LogP contribution in [0.1, 0.15) is 16.2 Å². The van der Waals surface area contributed by atoms with Gasteiger partial charge >= 0.3 is 0 Å². The van der Waals surface area contributed by atoms with Gasteiger partial charge in [-0.05, 0) is 32.0 Å². The Morgan fingerprint density at radius 3 is 2.72 bits per heavy atom. The summed E-state index contributed by atoms with van der Waals surface area (Å²) in [5.74, 6) is 0.273. The van der Waals surface area contributed by atoms with Gasteiger partial charge in [-0.1, -0.05) is 23.7 Å². The van der Waals surface area contributed by atoms with E-state index >= 15 is 0 Å². The number of rotatable bonds is 3. The predicted molar refractivity (Wildman–Crippen MR) is 69.3 cm³/mol. The van der Waals surface area contributed by atoms with Gasteiger partial charge in [-0.25, -0.2) is 4.68 Å². The highest BCUT2D eigenvalue weighted by Crippen LogP contribution is 2.22. The zero-order valence-corrected chi connectivity index (χ0v) is 10.9. The molecule has 0 aliphatic carbocycles. The molecule has 5 heteroatoms. The molecule has 1 heterocycles. The number of hydrogen-bond donors (Lipinski definition) is 0. The molecule has 1 aromatic heterocycles. The lowest BCUT2D eigenvalue weighted by Gasteiger charge is -2.07. The van der Waals surface area contributed by atoms with Gasteiger partial charge in [0.1, 0.15) is 5.75 Å². The minimum Gasteiger partial charge on any atom is -0.482 e. The average molecular weight is 265 g/mol. The van der Waals surface area contributed by atoms with Crippen LogP contribution in [-0.4, -0.2) is 22.3 Å². The van der Waals surface area contributed by atoms with E-state index in [9.17, 15) is 4.79 Å². The summed E-state index contributed by atoms with van der Waals surface area (Å²) in [6.45, 7) is 3.57. The summed E-state index contributed by atoms with van der Waals surface area (Å²) in [6.07, 6.45) is 0. The maximum atomic E-state index is 11.9. The summed E-state index contributed by atoms with van der Waals surface area (Å²) in [5.41, 5.74) is 1.60. The Bertz CT molecular complexity index is 578. The second-order valence-corrected chi connectivity index (χ2v) is 4.36. The Morgan fingerprint density at radius 1 is 1.39 bits per heavy atom. The van der Waals surface area contributed by atoms with Crippen molar-refractivity contribution in [3.05, 3.63) is 46.7 Å². The van der Waals surface area contributed by atoms with Crippen molar-refractivity contribution in [1.29, 1.82) is 0 Å². The molecular formula is C13H13ClN2O2. The lowest BCUT2D eigenvalue weighted by molar-refractivity contribution is 0.0818. The summed E-state index contributed by atoms with van der Waals surface area (Å²) in [4.78, 5) is 11.9. The van der Waals surface area contributed by atoms with Gasteiger partial charge in [0.25, 0.3) is 5.91 Å². The number of nitrogens with zero attached hydrogens (tertiary/aromatic N) is 2. The topological polar surface area (TPSA) is 44.1 Å². The van der Waals surface area contributed by atoms with Crippen molar-refractivity contribution in [3.8, 4) is 5.75 Å². The Kier molecular flexibility index (Phi) is 3.67. The van der Waals surface area contributed by atoms with E-state index in [1.807, 2.05) is 19.9 Å². The number of aryl methyl sites for hydroxylation is 2. The Labute approximate surface area is 110 Å². The summed E-state index contributed by atoms with van der Waals surface area (Å²) in [5, 5.41) is 4.58. The third-order valence-corrected chi connectivity index (χ3v) is 2.75. The van der Waals surface area contributed by atoms with E-state index in [-0.39, 0.29) is 12.5 Å². The summed E-state index contributed by atoms with van der Waals surface area (Å²) in [7, 11) is 0. The molecule has 0 radical (unpaired) electrons. The van der Waals surface area contributed by atoms with Crippen molar-refractivity contribution in [1.82, 2.24) is 9.78 Å². The van der Waals surface area contributed by atoms with Gasteiger partial charge in [0.05, 0.1) is 10.7 Å². The Hall–Kier alpha value is -1.81. The average Bonchev–Trinajstić information content (AvgIpc) is 2.67. The fourth-order valence-electron chi connectivity index (χ4n) is 1.64. The normalized spacial score (nSPS) is 10.4. The number of para-hydroxylation sites is 1. The van der Waals surface area contributed by atoms with Gasteiger partial charge in [0.15, 0.2) is 6.61 Å². The number of benzene rings is 1. The molecule has 0 bridgehead atoms. The molecule has 94 valence electrons. The standard InChI is InChI=1S/C13H13ClN2O2/c1-9-7-10(2)16(15-9)13(17)8-18-12-6-4-3-5-11(12)14/h3-7H,8H2,1-2H3. The molecule has 0 fully saturated rings. The van der Waals surface area contributed by atoms with E-state index in [1.54, 1.807) is 24.3 Å². The fourth-order valence-corrected chi connectivity index (χ4v) is 1.83. The first-order valence-corrected chi connectivity index (χ1v) is 5.89. The number of carbonyl (C=O) groups is 1. The first kappa shape index (κ1) is 12.6. The van der Waals surface area contributed by atoms with Crippen LogP contribution in [0, 0.1) is 13.8 Å². The number of aromatic nitrogens is 2. The molecule has 0 N–H and O–H groups in total. The van der Waals surface area contributed by atoms with Crippen molar-refractivity contribution >= 4 is 17.5 Å². The Morgan fingerprint density at radius 2 is 2.11 bits per heavy atom. The van der Waals surface area contributed by atoms with Gasteiger partial charge in [0, 0.05) is 5.69 Å². The second-order valence-electron chi connectivity index (χ2n) is 3.95. The molecule has 0 amide bonds. The first-order chi connectivity index (χ1) is 8.58. The molecule has 0 unspecified atom stereocenters. The van der Waals surface area contributed by atoms with E-state index in [0.717, 1.165) is 11.4 Å². The number of hydrogen-bond acceptors (Lipinski definition) is 3. The van der Waals surface area contributed by atoms with Gasteiger partial charge in [0.2, 0.25) is 0 Å². The van der Waals surface area contributed by atoms with Crippen LogP contribution in [-0.2, 0) is 0 Å². The van der Waals surface area contributed by atoms with Gasteiger partial charge in [-0.3, -0.25) is 4.79 Å². The third-order valence-electron chi connectivity index (χ3n) is 2.43. The molecule has 0 atom stereocenters. The fraction of sp³-hybridized carbons (Fsp3) is 0.231. The van der Waals surface area contributed by atoms with E-state index in [2.05, 4.69) is 5.10 Å². The highest BCUT2D eigenvalue weighted by atomic mass is 35.5. The van der Waals surface area contributed by atoms with Crippen LogP contribution in [0.15, 0.2) is 30.3 Å². The summed E-state index contributed by atoms with van der Waals surface area (Å²) >= 11 is 5.93. The van der Waals surface area contributed by atoms with Crippen LogP contribution in [0.5, 0.6) is 5.75 Å². The molecule has 0 aliphatic rings. The van der Waals surface area contributed by atoms with E-state index in [4.69, 9.17) is 16.3 Å². The van der Waals surface area contributed by atoms with Gasteiger partial charge in [-0.2, -0.15) is 5.10 Å². The second kappa shape index (κ2) is 5.23. The van der Waals surface area contributed by atoms with Gasteiger partial charge < -0.3 is 4.74 Å². The molecule has 0 saturated carbocycles. The maximum absolute atomic E-state index is 11.9. The molecule has 0 spiro atoms. The van der Waals surface area contributed by atoms with Crippen LogP contribution < -0.4 is 4.74 Å². The SMILES string of the molecule is Cc1cc(C)n(C(=O)COc2ccccc2Cl)n1. The van der Waals surface area contributed by atoms with Gasteiger partial charge in [-0.15, -0.1) is 0 Å². The van der Waals surface area contributed by atoms with Crippen molar-refractivity contribution in [2.75, 3.05) is 6.61 Å². The van der Waals surface area contributed by atoms with Crippen molar-refractivity contribution in [2.24, 2.45) is 0 Å². The first-order valence-electron chi connectivity index (χ1n) is 5.51. The zero-order chi connectivity index (χ0) is 13.1. The monoisotopic (exact) mass is 264 g/mol. The maximum Gasteiger partial charge on any atom is 0.284 e. The minimum atomic E-state index is -0.222. The lowest BCUT2D eigenvalue weighted by atomic mass is 10.3. The van der Waals surface area contributed by atoms with Crippen LogP contribution in [0.25, 0.3) is 0 Å². The van der Waals surface area contributed by atoms with E-state index in [1.165, 1.54) is 4.68 Å². The van der Waals surface area contributed by atoms with Crippen LogP contribution >= 0.6 is 11.6 Å². The number of ether oxygens (including phenoxy) is 1. The largest absolute Gasteiger partial charge is 0.482 e. The Balaban J connectivity index is 2.05. The van der Waals surface area contributed by atoms with E-state index < -0.39 is 0 Å². The molecular weight excluding hydrogens is 252 g/mol. The number of carbonyl (C=O) groups excluding carboxylic acids is 1. The summed E-state index contributed by atoms with van der Waals surface area (Å²) < 4.78 is 6.71. The van der Waals surface area contributed by atoms with Crippen LogP contribution in [0.3, 0.4) is 0 Å². The van der Waals surface area contributed by atoms with Crippen LogP contribution in [0.2, 0.25) is 5.02 Å². The van der Waals surface area contributed by atoms with E-state index in [0.29, 0.717) is 10.8 Å². The summed E-state index contributed by atoms with van der Waals surface area (Å²) in [6, 6.07) is 8.88. The third kappa shape index (κ3) is 2.71. The highest BCUT2D eigenvalue weighted by molar-refractivity contribution is 6.32. The van der Waals surface area contributed by atoms with Crippen LogP contribution in [0.4, 0.5) is 0 Å². The zero-order valence-electron chi connectivity index (χ0n) is 10.2. The lowest BCUT2D eigenvalue weighted by Crippen LogP contribution is -2.21. The number of halogens is 1.